The second-order valence-electron chi connectivity index (χ2n) is 6.56. The zero-order valence-electron chi connectivity index (χ0n) is 14.9. The predicted molar refractivity (Wildman–Crippen MR) is 106 cm³/mol. The van der Waals surface area contributed by atoms with Gasteiger partial charge >= 0.3 is 0 Å². The highest BCUT2D eigenvalue weighted by Crippen LogP contribution is 2.29. The van der Waals surface area contributed by atoms with Gasteiger partial charge in [-0.15, -0.1) is 0 Å². The number of halogens is 1. The molecule has 0 unspecified atom stereocenters. The van der Waals surface area contributed by atoms with Crippen molar-refractivity contribution >= 4 is 40.3 Å². The number of anilines is 2. The number of piperidine rings is 1. The van der Waals surface area contributed by atoms with E-state index in [9.17, 15) is 4.79 Å². The molecular weight excluding hydrogens is 366 g/mol. The molecule has 140 valence electrons. The van der Waals surface area contributed by atoms with Crippen molar-refractivity contribution in [3.63, 3.8) is 0 Å². The van der Waals surface area contributed by atoms with Gasteiger partial charge < -0.3 is 19.4 Å². The summed E-state index contributed by atoms with van der Waals surface area (Å²) in [6.45, 7) is 1.46. The first-order valence-electron chi connectivity index (χ1n) is 8.89. The van der Waals surface area contributed by atoms with Crippen molar-refractivity contribution in [1.29, 1.82) is 0 Å². The highest BCUT2D eigenvalue weighted by molar-refractivity contribution is 6.32. The number of fused-ring (bicyclic) bond motifs is 1. The van der Waals surface area contributed by atoms with Gasteiger partial charge in [0.15, 0.2) is 5.58 Å². The third kappa shape index (κ3) is 3.71. The number of para-hydroxylation sites is 2. The molecule has 1 saturated heterocycles. The van der Waals surface area contributed by atoms with Gasteiger partial charge in [-0.25, -0.2) is 0 Å². The number of methoxy groups -OCH3 is 1. The molecule has 27 heavy (non-hydrogen) atoms. The summed E-state index contributed by atoms with van der Waals surface area (Å²) in [7, 11) is 1.56. The van der Waals surface area contributed by atoms with E-state index in [-0.39, 0.29) is 11.8 Å². The average Bonchev–Trinajstić information content (AvgIpc) is 3.12. The summed E-state index contributed by atoms with van der Waals surface area (Å²) in [6, 6.07) is 13.6. The number of aromatic nitrogens is 1. The first-order valence-corrected chi connectivity index (χ1v) is 9.27. The molecule has 1 aliphatic heterocycles. The number of oxazole rings is 1. The van der Waals surface area contributed by atoms with Gasteiger partial charge in [-0.05, 0) is 43.2 Å². The van der Waals surface area contributed by atoms with Gasteiger partial charge in [0, 0.05) is 24.7 Å². The zero-order chi connectivity index (χ0) is 18.8. The van der Waals surface area contributed by atoms with Crippen LogP contribution in [0.2, 0.25) is 5.02 Å². The molecule has 0 saturated carbocycles. The maximum absolute atomic E-state index is 12.6. The van der Waals surface area contributed by atoms with Crippen molar-refractivity contribution in [1.82, 2.24) is 4.98 Å². The summed E-state index contributed by atoms with van der Waals surface area (Å²) < 4.78 is 11.0. The summed E-state index contributed by atoms with van der Waals surface area (Å²) in [5, 5.41) is 3.42. The normalized spacial score (nSPS) is 15.1. The topological polar surface area (TPSA) is 67.6 Å². The third-order valence-corrected chi connectivity index (χ3v) is 5.13. The monoisotopic (exact) mass is 385 g/mol. The Bertz CT molecular complexity index is 931. The van der Waals surface area contributed by atoms with E-state index < -0.39 is 0 Å². The van der Waals surface area contributed by atoms with E-state index >= 15 is 0 Å². The van der Waals surface area contributed by atoms with Crippen LogP contribution in [-0.4, -0.2) is 31.1 Å². The van der Waals surface area contributed by atoms with E-state index in [1.165, 1.54) is 0 Å². The highest BCUT2D eigenvalue weighted by atomic mass is 35.5. The molecule has 3 aromatic rings. The smallest absolute Gasteiger partial charge is 0.298 e. The molecule has 0 aliphatic carbocycles. The van der Waals surface area contributed by atoms with Gasteiger partial charge in [-0.1, -0.05) is 23.7 Å². The lowest BCUT2D eigenvalue weighted by atomic mass is 9.96. The second-order valence-corrected chi connectivity index (χ2v) is 6.97. The molecule has 0 bridgehead atoms. The third-order valence-electron chi connectivity index (χ3n) is 4.84. The Kier molecular flexibility index (Phi) is 4.90. The number of carbonyl (C=O) groups excluding carboxylic acids is 1. The predicted octanol–water partition coefficient (Wildman–Crippen LogP) is 4.34. The number of amides is 1. The summed E-state index contributed by atoms with van der Waals surface area (Å²) in [6.07, 6.45) is 1.49. The van der Waals surface area contributed by atoms with E-state index in [0.717, 1.165) is 37.0 Å². The average molecular weight is 386 g/mol. The molecule has 1 fully saturated rings. The first-order chi connectivity index (χ1) is 13.1. The molecule has 1 aliphatic rings. The number of hydrogen-bond donors (Lipinski definition) is 1. The van der Waals surface area contributed by atoms with Crippen molar-refractivity contribution in [3.05, 3.63) is 47.5 Å². The van der Waals surface area contributed by atoms with Crippen LogP contribution in [0.5, 0.6) is 5.75 Å². The molecule has 0 radical (unpaired) electrons. The first kappa shape index (κ1) is 17.7. The molecule has 4 rings (SSSR count). The number of benzene rings is 2. The van der Waals surface area contributed by atoms with Crippen molar-refractivity contribution in [3.8, 4) is 5.75 Å². The Morgan fingerprint density at radius 1 is 1.26 bits per heavy atom. The molecule has 0 spiro atoms. The minimum absolute atomic E-state index is 0.00782. The number of rotatable bonds is 4. The van der Waals surface area contributed by atoms with E-state index in [2.05, 4.69) is 15.2 Å². The fraction of sp³-hybridized carbons (Fsp3) is 0.300. The van der Waals surface area contributed by atoms with Crippen LogP contribution < -0.4 is 15.0 Å². The van der Waals surface area contributed by atoms with E-state index in [1.54, 1.807) is 25.3 Å². The molecule has 1 amide bonds. The second kappa shape index (κ2) is 7.48. The van der Waals surface area contributed by atoms with E-state index in [4.69, 9.17) is 20.8 Å². The number of ether oxygens (including phenoxy) is 1. The van der Waals surface area contributed by atoms with Crippen LogP contribution in [0, 0.1) is 5.92 Å². The van der Waals surface area contributed by atoms with Gasteiger partial charge in [0.25, 0.3) is 6.01 Å². The highest BCUT2D eigenvalue weighted by Gasteiger charge is 2.27. The number of hydrogen-bond acceptors (Lipinski definition) is 5. The van der Waals surface area contributed by atoms with Crippen molar-refractivity contribution in [2.24, 2.45) is 5.92 Å². The molecule has 2 heterocycles. The maximum Gasteiger partial charge on any atom is 0.298 e. The lowest BCUT2D eigenvalue weighted by Gasteiger charge is -2.30. The fourth-order valence-corrected chi connectivity index (χ4v) is 3.57. The van der Waals surface area contributed by atoms with Crippen molar-refractivity contribution < 1.29 is 13.9 Å². The van der Waals surface area contributed by atoms with Gasteiger partial charge in [-0.2, -0.15) is 4.98 Å². The summed E-state index contributed by atoms with van der Waals surface area (Å²) >= 11 is 6.12. The molecule has 2 aromatic carbocycles. The van der Waals surface area contributed by atoms with Crippen LogP contribution in [0.25, 0.3) is 11.1 Å². The van der Waals surface area contributed by atoms with E-state index in [1.807, 2.05) is 24.3 Å². The SMILES string of the molecule is COc1ccc(NC(=O)C2CCN(c3nc4ccccc4o3)CC2)cc1Cl. The van der Waals surface area contributed by atoms with Crippen LogP contribution in [0.3, 0.4) is 0 Å². The molecule has 6 nitrogen and oxygen atoms in total. The Morgan fingerprint density at radius 3 is 2.74 bits per heavy atom. The van der Waals surface area contributed by atoms with Crippen molar-refractivity contribution in [2.75, 3.05) is 30.4 Å². The van der Waals surface area contributed by atoms with Gasteiger partial charge in [-0.3, -0.25) is 4.79 Å². The van der Waals surface area contributed by atoms with Crippen LogP contribution in [0.15, 0.2) is 46.9 Å². The zero-order valence-corrected chi connectivity index (χ0v) is 15.7. The van der Waals surface area contributed by atoms with Crippen LogP contribution in [-0.2, 0) is 4.79 Å². The minimum atomic E-state index is -0.0495. The Labute approximate surface area is 162 Å². The van der Waals surface area contributed by atoms with Crippen molar-refractivity contribution in [2.45, 2.75) is 12.8 Å². The molecule has 7 heteroatoms. The van der Waals surface area contributed by atoms with Gasteiger partial charge in [0.1, 0.15) is 11.3 Å². The molecular formula is C20H20ClN3O3. The number of nitrogens with zero attached hydrogens (tertiary/aromatic N) is 2. The van der Waals surface area contributed by atoms with Crippen LogP contribution >= 0.6 is 11.6 Å². The van der Waals surface area contributed by atoms with Crippen LogP contribution in [0.1, 0.15) is 12.8 Å². The largest absolute Gasteiger partial charge is 0.495 e. The quantitative estimate of drug-likeness (QED) is 0.723. The number of carbonyl (C=O) groups is 1. The maximum atomic E-state index is 12.6. The molecule has 1 aromatic heterocycles. The summed E-state index contributed by atoms with van der Waals surface area (Å²) in [5.41, 5.74) is 2.31. The molecule has 1 N–H and O–H groups in total. The number of nitrogens with one attached hydrogen (secondary N) is 1. The summed E-state index contributed by atoms with van der Waals surface area (Å²) in [5.74, 6) is 0.543. The summed E-state index contributed by atoms with van der Waals surface area (Å²) in [4.78, 5) is 19.2. The lowest BCUT2D eigenvalue weighted by molar-refractivity contribution is -0.120. The molecule has 0 atom stereocenters. The lowest BCUT2D eigenvalue weighted by Crippen LogP contribution is -2.38. The Morgan fingerprint density at radius 2 is 2.04 bits per heavy atom. The Balaban J connectivity index is 1.37. The van der Waals surface area contributed by atoms with Gasteiger partial charge in [0.05, 0.1) is 12.1 Å². The van der Waals surface area contributed by atoms with Crippen LogP contribution in [0.4, 0.5) is 11.7 Å². The fourth-order valence-electron chi connectivity index (χ4n) is 3.32. The van der Waals surface area contributed by atoms with E-state index in [0.29, 0.717) is 22.5 Å². The minimum Gasteiger partial charge on any atom is -0.495 e. The van der Waals surface area contributed by atoms with Gasteiger partial charge in [0.2, 0.25) is 5.91 Å². The standard InChI is InChI=1S/C20H20ClN3O3/c1-26-17-7-6-14(12-15(17)21)22-19(25)13-8-10-24(11-9-13)20-23-16-4-2-3-5-18(16)27-20/h2-7,12-13H,8-11H2,1H3,(H,22,25). The Hall–Kier alpha value is -2.73.